The van der Waals surface area contributed by atoms with Gasteiger partial charge in [-0.2, -0.15) is 0 Å². The van der Waals surface area contributed by atoms with Crippen molar-refractivity contribution >= 4 is 33.5 Å². The van der Waals surface area contributed by atoms with Crippen molar-refractivity contribution in [2.24, 2.45) is 5.73 Å². The first-order valence-corrected chi connectivity index (χ1v) is 6.50. The molecule has 17 heavy (non-hydrogen) atoms. The number of benzene rings is 1. The summed E-state index contributed by atoms with van der Waals surface area (Å²) in [6, 6.07) is 11.7. The smallest absolute Gasteiger partial charge is 0.124 e. The van der Waals surface area contributed by atoms with Crippen LogP contribution in [0.2, 0.25) is 0 Å². The number of hydrogen-bond acceptors (Lipinski definition) is 3. The largest absolute Gasteiger partial charge is 0.384 e. The van der Waals surface area contributed by atoms with Crippen molar-refractivity contribution in [3.8, 4) is 0 Å². The molecule has 0 aliphatic carbocycles. The van der Waals surface area contributed by atoms with E-state index in [1.165, 1.54) is 0 Å². The zero-order valence-electron chi connectivity index (χ0n) is 8.85. The van der Waals surface area contributed by atoms with Gasteiger partial charge in [-0.1, -0.05) is 27.7 Å². The molecule has 0 saturated heterocycles. The number of rotatable bonds is 3. The van der Waals surface area contributed by atoms with Gasteiger partial charge in [0.15, 0.2) is 0 Å². The van der Waals surface area contributed by atoms with E-state index in [-0.39, 0.29) is 5.84 Å². The van der Waals surface area contributed by atoms with E-state index in [2.05, 4.69) is 20.9 Å². The van der Waals surface area contributed by atoms with Crippen molar-refractivity contribution in [1.29, 1.82) is 5.41 Å². The summed E-state index contributed by atoms with van der Waals surface area (Å²) in [7, 11) is 0. The summed E-state index contributed by atoms with van der Waals surface area (Å²) in [6.45, 7) is 0. The number of amidine groups is 1. The minimum atomic E-state index is 0.0395. The van der Waals surface area contributed by atoms with Gasteiger partial charge in [0.05, 0.1) is 0 Å². The van der Waals surface area contributed by atoms with Gasteiger partial charge in [-0.25, -0.2) is 4.98 Å². The molecule has 0 saturated carbocycles. The first-order chi connectivity index (χ1) is 8.15. The molecule has 2 aromatic rings. The SMILES string of the molecule is N=C(N)c1ccc(Sc2ccc(Br)cc2)nc1. The highest BCUT2D eigenvalue weighted by Gasteiger charge is 2.00. The molecular formula is C12H10BrN3S. The highest BCUT2D eigenvalue weighted by Crippen LogP contribution is 2.26. The third kappa shape index (κ3) is 3.31. The summed E-state index contributed by atoms with van der Waals surface area (Å²) >= 11 is 4.97. The Morgan fingerprint density at radius 3 is 2.41 bits per heavy atom. The van der Waals surface area contributed by atoms with Crippen LogP contribution in [0, 0.1) is 5.41 Å². The number of nitrogen functional groups attached to an aromatic ring is 1. The van der Waals surface area contributed by atoms with E-state index in [4.69, 9.17) is 11.1 Å². The number of pyridine rings is 1. The third-order valence-electron chi connectivity index (χ3n) is 2.08. The van der Waals surface area contributed by atoms with Gasteiger partial charge in [0.1, 0.15) is 10.9 Å². The Balaban J connectivity index is 2.13. The zero-order chi connectivity index (χ0) is 12.3. The number of nitrogens with two attached hydrogens (primary N) is 1. The summed E-state index contributed by atoms with van der Waals surface area (Å²) in [5, 5.41) is 8.16. The van der Waals surface area contributed by atoms with Crippen molar-refractivity contribution in [3.63, 3.8) is 0 Å². The van der Waals surface area contributed by atoms with Gasteiger partial charge in [0, 0.05) is 21.1 Å². The monoisotopic (exact) mass is 307 g/mol. The van der Waals surface area contributed by atoms with Crippen molar-refractivity contribution < 1.29 is 0 Å². The Kier molecular flexibility index (Phi) is 3.81. The Hall–Kier alpha value is -1.33. The average Bonchev–Trinajstić information content (AvgIpc) is 2.33. The predicted molar refractivity (Wildman–Crippen MR) is 73.5 cm³/mol. The molecule has 0 radical (unpaired) electrons. The van der Waals surface area contributed by atoms with Gasteiger partial charge in [-0.05, 0) is 36.4 Å². The lowest BCUT2D eigenvalue weighted by atomic mass is 10.3. The van der Waals surface area contributed by atoms with E-state index in [1.54, 1.807) is 24.0 Å². The van der Waals surface area contributed by atoms with E-state index >= 15 is 0 Å². The molecule has 1 aromatic carbocycles. The van der Waals surface area contributed by atoms with Crippen LogP contribution >= 0.6 is 27.7 Å². The summed E-state index contributed by atoms with van der Waals surface area (Å²) in [5.41, 5.74) is 6.01. The van der Waals surface area contributed by atoms with Gasteiger partial charge >= 0.3 is 0 Å². The van der Waals surface area contributed by atoms with E-state index in [9.17, 15) is 0 Å². The number of halogens is 1. The van der Waals surface area contributed by atoms with Crippen LogP contribution in [0.1, 0.15) is 5.56 Å². The number of aromatic nitrogens is 1. The minimum Gasteiger partial charge on any atom is -0.384 e. The van der Waals surface area contributed by atoms with E-state index in [0.29, 0.717) is 5.56 Å². The molecule has 0 aliphatic heterocycles. The van der Waals surface area contributed by atoms with Gasteiger partial charge in [-0.3, -0.25) is 5.41 Å². The fourth-order valence-electron chi connectivity index (χ4n) is 1.22. The maximum atomic E-state index is 7.28. The maximum Gasteiger partial charge on any atom is 0.124 e. The number of hydrogen-bond donors (Lipinski definition) is 2. The molecule has 0 atom stereocenters. The molecule has 1 heterocycles. The molecule has 0 spiro atoms. The van der Waals surface area contributed by atoms with Crippen molar-refractivity contribution in [2.75, 3.05) is 0 Å². The van der Waals surface area contributed by atoms with Gasteiger partial charge in [0.25, 0.3) is 0 Å². The van der Waals surface area contributed by atoms with Crippen LogP contribution in [-0.2, 0) is 0 Å². The normalized spacial score (nSPS) is 10.2. The summed E-state index contributed by atoms with van der Waals surface area (Å²) < 4.78 is 1.06. The van der Waals surface area contributed by atoms with Gasteiger partial charge < -0.3 is 5.73 Å². The van der Waals surface area contributed by atoms with Crippen LogP contribution < -0.4 is 5.73 Å². The highest BCUT2D eigenvalue weighted by atomic mass is 79.9. The average molecular weight is 308 g/mol. The minimum absolute atomic E-state index is 0.0395. The van der Waals surface area contributed by atoms with Gasteiger partial charge in [-0.15, -0.1) is 0 Å². The Bertz CT molecular complexity index is 522. The molecule has 1 aromatic heterocycles. The Morgan fingerprint density at radius 2 is 1.88 bits per heavy atom. The second-order valence-electron chi connectivity index (χ2n) is 3.35. The summed E-state index contributed by atoms with van der Waals surface area (Å²) in [6.07, 6.45) is 1.61. The Labute approximate surface area is 112 Å². The van der Waals surface area contributed by atoms with Crippen LogP contribution in [0.3, 0.4) is 0 Å². The van der Waals surface area contributed by atoms with Gasteiger partial charge in [0.2, 0.25) is 0 Å². The standard InChI is InChI=1S/C12H10BrN3S/c13-9-2-4-10(5-3-9)17-11-6-1-8(7-16-11)12(14)15/h1-7H,(H3,14,15). The molecule has 5 heteroatoms. The highest BCUT2D eigenvalue weighted by molar-refractivity contribution is 9.10. The van der Waals surface area contributed by atoms with E-state index < -0.39 is 0 Å². The third-order valence-corrected chi connectivity index (χ3v) is 3.57. The lowest BCUT2D eigenvalue weighted by Gasteiger charge is -2.02. The van der Waals surface area contributed by atoms with Crippen LogP contribution in [0.5, 0.6) is 0 Å². The topological polar surface area (TPSA) is 62.8 Å². The predicted octanol–water partition coefficient (Wildman–Crippen LogP) is 3.28. The van der Waals surface area contributed by atoms with Crippen molar-refractivity contribution in [2.45, 2.75) is 9.92 Å². The van der Waals surface area contributed by atoms with Crippen LogP contribution in [0.15, 0.2) is 57.0 Å². The second kappa shape index (κ2) is 5.33. The molecule has 0 amide bonds. The zero-order valence-corrected chi connectivity index (χ0v) is 11.3. The molecule has 86 valence electrons. The molecule has 3 N–H and O–H groups in total. The molecule has 0 bridgehead atoms. The van der Waals surface area contributed by atoms with Crippen molar-refractivity contribution in [1.82, 2.24) is 4.98 Å². The van der Waals surface area contributed by atoms with Crippen LogP contribution in [-0.4, -0.2) is 10.8 Å². The van der Waals surface area contributed by atoms with Crippen LogP contribution in [0.25, 0.3) is 0 Å². The first-order valence-electron chi connectivity index (χ1n) is 4.89. The molecule has 0 aliphatic rings. The second-order valence-corrected chi connectivity index (χ2v) is 5.36. The lowest BCUT2D eigenvalue weighted by molar-refractivity contribution is 1.12. The molecule has 0 fully saturated rings. The fraction of sp³-hybridized carbons (Fsp3) is 0. The lowest BCUT2D eigenvalue weighted by Crippen LogP contribution is -2.10. The summed E-state index contributed by atoms with van der Waals surface area (Å²) in [4.78, 5) is 5.37. The fourth-order valence-corrected chi connectivity index (χ4v) is 2.24. The van der Waals surface area contributed by atoms with Crippen LogP contribution in [0.4, 0.5) is 0 Å². The summed E-state index contributed by atoms with van der Waals surface area (Å²) in [5.74, 6) is 0.0395. The number of nitrogens with one attached hydrogen (secondary N) is 1. The molecule has 2 rings (SSSR count). The maximum absolute atomic E-state index is 7.28. The molecule has 0 unspecified atom stereocenters. The molecule has 3 nitrogen and oxygen atoms in total. The Morgan fingerprint density at radius 1 is 1.18 bits per heavy atom. The van der Waals surface area contributed by atoms with E-state index in [0.717, 1.165) is 14.4 Å². The van der Waals surface area contributed by atoms with Crippen molar-refractivity contribution in [3.05, 3.63) is 52.6 Å². The first kappa shape index (κ1) is 12.1. The quantitative estimate of drug-likeness (QED) is 0.675. The number of nitrogens with zero attached hydrogens (tertiary/aromatic N) is 1. The van der Waals surface area contributed by atoms with E-state index in [1.807, 2.05) is 30.3 Å². The molecular weight excluding hydrogens is 298 g/mol.